The molecule has 15 heavy (non-hydrogen) atoms. The monoisotopic (exact) mass is 204 g/mol. The molecular weight excluding hydrogens is 192 g/mol. The van der Waals surface area contributed by atoms with Crippen LogP contribution in [-0.4, -0.2) is 19.5 Å². The standard InChI is InChI=1S/C10H12N4O/c1-14(6-9(12)15)8-4-2-3-7(5-11)10(8)13/h2-4H,6,13H2,1H3,(H2,12,15). The van der Waals surface area contributed by atoms with Crippen LogP contribution in [0.2, 0.25) is 0 Å². The van der Waals surface area contributed by atoms with Crippen molar-refractivity contribution >= 4 is 17.3 Å². The first-order chi connectivity index (χ1) is 7.06. The fourth-order valence-electron chi connectivity index (χ4n) is 1.30. The third kappa shape index (κ3) is 2.38. The van der Waals surface area contributed by atoms with Crippen LogP contribution in [0.1, 0.15) is 5.56 Å². The predicted octanol–water partition coefficient (Wildman–Crippen LogP) is 0.0620. The number of para-hydroxylation sites is 1. The summed E-state index contributed by atoms with van der Waals surface area (Å²) in [5, 5.41) is 8.77. The fraction of sp³-hybridized carbons (Fsp3) is 0.200. The van der Waals surface area contributed by atoms with Crippen LogP contribution in [0, 0.1) is 11.3 Å². The van der Waals surface area contributed by atoms with Crippen LogP contribution < -0.4 is 16.4 Å². The summed E-state index contributed by atoms with van der Waals surface area (Å²) >= 11 is 0. The van der Waals surface area contributed by atoms with Gasteiger partial charge >= 0.3 is 0 Å². The van der Waals surface area contributed by atoms with Crippen molar-refractivity contribution in [3.63, 3.8) is 0 Å². The summed E-state index contributed by atoms with van der Waals surface area (Å²) in [5.74, 6) is -0.445. The Morgan fingerprint density at radius 2 is 2.27 bits per heavy atom. The minimum atomic E-state index is -0.445. The predicted molar refractivity (Wildman–Crippen MR) is 58.0 cm³/mol. The van der Waals surface area contributed by atoms with Crippen LogP contribution in [0.3, 0.4) is 0 Å². The molecule has 0 unspecified atom stereocenters. The van der Waals surface area contributed by atoms with Gasteiger partial charge in [0.05, 0.1) is 23.5 Å². The van der Waals surface area contributed by atoms with Crippen molar-refractivity contribution in [3.05, 3.63) is 23.8 Å². The molecule has 0 atom stereocenters. The van der Waals surface area contributed by atoms with Gasteiger partial charge in [0.15, 0.2) is 0 Å². The maximum Gasteiger partial charge on any atom is 0.236 e. The van der Waals surface area contributed by atoms with Gasteiger partial charge in [-0.3, -0.25) is 4.79 Å². The molecule has 1 rings (SSSR count). The van der Waals surface area contributed by atoms with Gasteiger partial charge in [-0.2, -0.15) is 5.26 Å². The van der Waals surface area contributed by atoms with Crippen molar-refractivity contribution in [2.24, 2.45) is 5.73 Å². The van der Waals surface area contributed by atoms with E-state index in [4.69, 9.17) is 16.7 Å². The van der Waals surface area contributed by atoms with Gasteiger partial charge in [-0.25, -0.2) is 0 Å². The third-order valence-electron chi connectivity index (χ3n) is 2.01. The summed E-state index contributed by atoms with van der Waals surface area (Å²) in [6.45, 7) is 0.0685. The maximum absolute atomic E-state index is 10.7. The number of carbonyl (C=O) groups is 1. The van der Waals surface area contributed by atoms with Gasteiger partial charge in [0.25, 0.3) is 0 Å². The molecule has 0 saturated carbocycles. The number of nitrogens with two attached hydrogens (primary N) is 2. The summed E-state index contributed by atoms with van der Waals surface area (Å²) in [7, 11) is 1.69. The van der Waals surface area contributed by atoms with E-state index in [1.807, 2.05) is 6.07 Å². The molecule has 0 radical (unpaired) electrons. The van der Waals surface area contributed by atoms with E-state index in [9.17, 15) is 4.79 Å². The summed E-state index contributed by atoms with van der Waals surface area (Å²) < 4.78 is 0. The lowest BCUT2D eigenvalue weighted by molar-refractivity contribution is -0.116. The smallest absolute Gasteiger partial charge is 0.236 e. The van der Waals surface area contributed by atoms with Gasteiger partial charge in [0.1, 0.15) is 6.07 Å². The van der Waals surface area contributed by atoms with Gasteiger partial charge in [-0.05, 0) is 12.1 Å². The van der Waals surface area contributed by atoms with E-state index < -0.39 is 5.91 Å². The molecule has 0 fully saturated rings. The van der Waals surface area contributed by atoms with Crippen molar-refractivity contribution in [1.82, 2.24) is 0 Å². The molecule has 0 aliphatic rings. The van der Waals surface area contributed by atoms with Crippen LogP contribution in [0.5, 0.6) is 0 Å². The normalized spacial score (nSPS) is 9.33. The molecule has 0 aliphatic carbocycles. The first-order valence-corrected chi connectivity index (χ1v) is 4.34. The Kier molecular flexibility index (Phi) is 3.13. The van der Waals surface area contributed by atoms with Gasteiger partial charge in [0.2, 0.25) is 5.91 Å². The summed E-state index contributed by atoms with van der Waals surface area (Å²) in [4.78, 5) is 12.3. The molecule has 5 nitrogen and oxygen atoms in total. The highest BCUT2D eigenvalue weighted by molar-refractivity contribution is 5.82. The van der Waals surface area contributed by atoms with Crippen LogP contribution >= 0.6 is 0 Å². The minimum absolute atomic E-state index is 0.0685. The summed E-state index contributed by atoms with van der Waals surface area (Å²) in [6.07, 6.45) is 0. The zero-order valence-electron chi connectivity index (χ0n) is 8.40. The lowest BCUT2D eigenvalue weighted by Gasteiger charge is -2.19. The van der Waals surface area contributed by atoms with E-state index in [1.165, 1.54) is 0 Å². The second-order valence-corrected chi connectivity index (χ2v) is 3.17. The molecule has 5 heteroatoms. The van der Waals surface area contributed by atoms with Crippen molar-refractivity contribution in [2.75, 3.05) is 24.2 Å². The van der Waals surface area contributed by atoms with Crippen molar-refractivity contribution in [1.29, 1.82) is 5.26 Å². The number of primary amides is 1. The van der Waals surface area contributed by atoms with Gasteiger partial charge < -0.3 is 16.4 Å². The molecule has 1 aromatic carbocycles. The van der Waals surface area contributed by atoms with Crippen LogP contribution in [0.25, 0.3) is 0 Å². The highest BCUT2D eigenvalue weighted by Crippen LogP contribution is 2.24. The number of benzene rings is 1. The molecule has 0 heterocycles. The number of hydrogen-bond acceptors (Lipinski definition) is 4. The first kappa shape index (κ1) is 10.9. The van der Waals surface area contributed by atoms with E-state index >= 15 is 0 Å². The largest absolute Gasteiger partial charge is 0.396 e. The lowest BCUT2D eigenvalue weighted by Crippen LogP contribution is -2.31. The molecule has 1 aromatic rings. The zero-order chi connectivity index (χ0) is 11.4. The molecule has 0 aromatic heterocycles. The van der Waals surface area contributed by atoms with Gasteiger partial charge in [-0.15, -0.1) is 0 Å². The van der Waals surface area contributed by atoms with Crippen molar-refractivity contribution in [2.45, 2.75) is 0 Å². The number of nitriles is 1. The third-order valence-corrected chi connectivity index (χ3v) is 2.01. The fourth-order valence-corrected chi connectivity index (χ4v) is 1.30. The molecule has 0 saturated heterocycles. The van der Waals surface area contributed by atoms with E-state index in [2.05, 4.69) is 0 Å². The van der Waals surface area contributed by atoms with Crippen LogP contribution in [0.4, 0.5) is 11.4 Å². The van der Waals surface area contributed by atoms with Crippen molar-refractivity contribution < 1.29 is 4.79 Å². The van der Waals surface area contributed by atoms with E-state index in [-0.39, 0.29) is 6.54 Å². The van der Waals surface area contributed by atoms with Crippen LogP contribution in [-0.2, 0) is 4.79 Å². The average molecular weight is 204 g/mol. The average Bonchev–Trinajstić information content (AvgIpc) is 2.17. The summed E-state index contributed by atoms with van der Waals surface area (Å²) in [5.41, 5.74) is 12.2. The molecule has 78 valence electrons. The Morgan fingerprint density at radius 1 is 1.60 bits per heavy atom. The SMILES string of the molecule is CN(CC(N)=O)c1cccc(C#N)c1N. The molecule has 1 amide bonds. The Labute approximate surface area is 87.9 Å². The van der Waals surface area contributed by atoms with Crippen molar-refractivity contribution in [3.8, 4) is 6.07 Å². The number of likely N-dealkylation sites (N-methyl/N-ethyl adjacent to an activating group) is 1. The number of rotatable bonds is 3. The number of carbonyl (C=O) groups excluding carboxylic acids is 1. The minimum Gasteiger partial charge on any atom is -0.396 e. The highest BCUT2D eigenvalue weighted by Gasteiger charge is 2.10. The van der Waals surface area contributed by atoms with E-state index in [0.29, 0.717) is 16.9 Å². The summed E-state index contributed by atoms with van der Waals surface area (Å²) in [6, 6.07) is 7.04. The van der Waals surface area contributed by atoms with Gasteiger partial charge in [0, 0.05) is 7.05 Å². The lowest BCUT2D eigenvalue weighted by atomic mass is 10.1. The molecule has 0 aliphatic heterocycles. The quantitative estimate of drug-likeness (QED) is 0.680. The highest BCUT2D eigenvalue weighted by atomic mass is 16.1. The molecule has 4 N–H and O–H groups in total. The Balaban J connectivity index is 3.05. The van der Waals surface area contributed by atoms with Crippen LogP contribution in [0.15, 0.2) is 18.2 Å². The zero-order valence-corrected chi connectivity index (χ0v) is 8.40. The molecular formula is C10H12N4O. The van der Waals surface area contributed by atoms with E-state index in [0.717, 1.165) is 0 Å². The topological polar surface area (TPSA) is 96.1 Å². The van der Waals surface area contributed by atoms with Gasteiger partial charge in [-0.1, -0.05) is 6.07 Å². The molecule has 0 bridgehead atoms. The second kappa shape index (κ2) is 4.33. The number of hydrogen-bond donors (Lipinski definition) is 2. The Morgan fingerprint density at radius 3 is 2.80 bits per heavy atom. The Bertz CT molecular complexity index is 422. The number of anilines is 2. The second-order valence-electron chi connectivity index (χ2n) is 3.17. The molecule has 0 spiro atoms. The number of amides is 1. The number of nitrogens with zero attached hydrogens (tertiary/aromatic N) is 2. The Hall–Kier alpha value is -2.22. The van der Waals surface area contributed by atoms with E-state index in [1.54, 1.807) is 30.1 Å². The first-order valence-electron chi connectivity index (χ1n) is 4.34. The maximum atomic E-state index is 10.7. The number of nitrogen functional groups attached to an aromatic ring is 1.